The quantitative estimate of drug-likeness (QED) is 0.711. The number of carbonyl (C=O) groups excluding carboxylic acids is 2. The number of aryl methyl sites for hydroxylation is 1. The Morgan fingerprint density at radius 2 is 1.75 bits per heavy atom. The van der Waals surface area contributed by atoms with Crippen LogP contribution in [-0.2, 0) is 6.54 Å². The van der Waals surface area contributed by atoms with E-state index in [1.54, 1.807) is 41.6 Å². The molecule has 0 bridgehead atoms. The van der Waals surface area contributed by atoms with E-state index in [4.69, 9.17) is 0 Å². The molecule has 1 aromatic heterocycles. The number of nitrogens with one attached hydrogen (secondary N) is 1. The minimum Gasteiger partial charge on any atom is -0.348 e. The van der Waals surface area contributed by atoms with Gasteiger partial charge in [0.2, 0.25) is 0 Å². The zero-order valence-corrected chi connectivity index (χ0v) is 16.1. The summed E-state index contributed by atoms with van der Waals surface area (Å²) in [7, 11) is 0. The maximum absolute atomic E-state index is 12.9. The van der Waals surface area contributed by atoms with Crippen molar-refractivity contribution in [2.75, 3.05) is 11.4 Å². The Bertz CT molecular complexity index is 953. The van der Waals surface area contributed by atoms with E-state index in [2.05, 4.69) is 10.3 Å². The van der Waals surface area contributed by atoms with Gasteiger partial charge in [-0.2, -0.15) is 0 Å². The van der Waals surface area contributed by atoms with Gasteiger partial charge in [-0.15, -0.1) is 0 Å². The van der Waals surface area contributed by atoms with Gasteiger partial charge in [0, 0.05) is 42.3 Å². The molecular weight excluding hydrogens is 350 g/mol. The van der Waals surface area contributed by atoms with Crippen molar-refractivity contribution >= 4 is 17.5 Å². The summed E-state index contributed by atoms with van der Waals surface area (Å²) in [4.78, 5) is 31.0. The third-order valence-corrected chi connectivity index (χ3v) is 4.44. The maximum Gasteiger partial charge on any atom is 0.258 e. The van der Waals surface area contributed by atoms with Crippen LogP contribution in [0.5, 0.6) is 0 Å². The van der Waals surface area contributed by atoms with Crippen LogP contribution in [0.1, 0.15) is 38.8 Å². The van der Waals surface area contributed by atoms with Crippen molar-refractivity contribution in [3.8, 4) is 0 Å². The number of anilines is 1. The molecule has 0 aliphatic carbocycles. The number of rotatable bonds is 6. The smallest absolute Gasteiger partial charge is 0.258 e. The van der Waals surface area contributed by atoms with E-state index in [0.717, 1.165) is 16.8 Å². The van der Waals surface area contributed by atoms with Crippen LogP contribution < -0.4 is 10.2 Å². The molecule has 0 saturated carbocycles. The molecule has 0 spiro atoms. The third-order valence-electron chi connectivity index (χ3n) is 4.44. The number of hydrogen-bond donors (Lipinski definition) is 1. The molecule has 1 heterocycles. The molecule has 0 aliphatic heterocycles. The van der Waals surface area contributed by atoms with Gasteiger partial charge in [0.1, 0.15) is 0 Å². The Morgan fingerprint density at radius 3 is 2.39 bits per heavy atom. The monoisotopic (exact) mass is 373 g/mol. The third kappa shape index (κ3) is 4.62. The second-order valence-electron chi connectivity index (χ2n) is 6.51. The Hall–Kier alpha value is -3.47. The van der Waals surface area contributed by atoms with Gasteiger partial charge >= 0.3 is 0 Å². The summed E-state index contributed by atoms with van der Waals surface area (Å²) in [6.45, 7) is 4.92. The van der Waals surface area contributed by atoms with Crippen molar-refractivity contribution in [2.24, 2.45) is 0 Å². The fourth-order valence-electron chi connectivity index (χ4n) is 2.95. The highest BCUT2D eigenvalue weighted by Gasteiger charge is 2.16. The fourth-order valence-corrected chi connectivity index (χ4v) is 2.95. The van der Waals surface area contributed by atoms with Crippen LogP contribution in [0.25, 0.3) is 0 Å². The van der Waals surface area contributed by atoms with Crippen LogP contribution in [0.4, 0.5) is 5.69 Å². The number of pyridine rings is 1. The number of aromatic nitrogens is 1. The Morgan fingerprint density at radius 1 is 1.00 bits per heavy atom. The van der Waals surface area contributed by atoms with Crippen LogP contribution in [-0.4, -0.2) is 23.3 Å². The lowest BCUT2D eigenvalue weighted by Crippen LogP contribution is -2.30. The molecule has 5 nitrogen and oxygen atoms in total. The second kappa shape index (κ2) is 8.95. The Kier molecular flexibility index (Phi) is 6.17. The zero-order valence-electron chi connectivity index (χ0n) is 16.1. The van der Waals surface area contributed by atoms with E-state index in [0.29, 0.717) is 24.2 Å². The SMILES string of the molecule is CCN(C(=O)c1ccc(C(=O)NCc2cccnc2)cc1)c1cccc(C)c1. The van der Waals surface area contributed by atoms with Crippen molar-refractivity contribution in [1.82, 2.24) is 10.3 Å². The minimum absolute atomic E-state index is 0.0876. The van der Waals surface area contributed by atoms with Gasteiger partial charge in [0.15, 0.2) is 0 Å². The number of hydrogen-bond acceptors (Lipinski definition) is 3. The molecule has 3 rings (SSSR count). The van der Waals surface area contributed by atoms with Gasteiger partial charge in [-0.1, -0.05) is 18.2 Å². The summed E-state index contributed by atoms with van der Waals surface area (Å²) in [6, 6.07) is 18.3. The topological polar surface area (TPSA) is 62.3 Å². The molecule has 28 heavy (non-hydrogen) atoms. The summed E-state index contributed by atoms with van der Waals surface area (Å²) >= 11 is 0. The average molecular weight is 373 g/mol. The van der Waals surface area contributed by atoms with Crippen LogP contribution >= 0.6 is 0 Å². The molecule has 0 atom stereocenters. The van der Waals surface area contributed by atoms with Gasteiger partial charge in [0.25, 0.3) is 11.8 Å². The molecule has 1 N–H and O–H groups in total. The van der Waals surface area contributed by atoms with Gasteiger partial charge in [-0.25, -0.2) is 0 Å². The Labute approximate surface area is 165 Å². The molecule has 0 saturated heterocycles. The lowest BCUT2D eigenvalue weighted by molar-refractivity contribution is 0.0947. The molecule has 0 aliphatic rings. The summed E-state index contributed by atoms with van der Waals surface area (Å²) in [5, 5.41) is 2.86. The molecule has 5 heteroatoms. The van der Waals surface area contributed by atoms with Gasteiger partial charge in [-0.05, 0) is 67.4 Å². The molecule has 142 valence electrons. The van der Waals surface area contributed by atoms with Crippen molar-refractivity contribution in [2.45, 2.75) is 20.4 Å². The minimum atomic E-state index is -0.186. The van der Waals surface area contributed by atoms with Crippen LogP contribution in [0, 0.1) is 6.92 Å². The predicted octanol–water partition coefficient (Wildman–Crippen LogP) is 3.99. The highest BCUT2D eigenvalue weighted by atomic mass is 16.2. The van der Waals surface area contributed by atoms with Crippen LogP contribution in [0.15, 0.2) is 73.1 Å². The predicted molar refractivity (Wildman–Crippen MR) is 110 cm³/mol. The van der Waals surface area contributed by atoms with Gasteiger partial charge in [0.05, 0.1) is 0 Å². The van der Waals surface area contributed by atoms with Gasteiger partial charge in [-0.3, -0.25) is 14.6 Å². The number of amides is 2. The fraction of sp³-hybridized carbons (Fsp3) is 0.174. The van der Waals surface area contributed by atoms with E-state index in [-0.39, 0.29) is 11.8 Å². The number of carbonyl (C=O) groups is 2. The molecule has 0 radical (unpaired) electrons. The highest BCUT2D eigenvalue weighted by Crippen LogP contribution is 2.19. The van der Waals surface area contributed by atoms with Crippen molar-refractivity contribution in [3.63, 3.8) is 0 Å². The van der Waals surface area contributed by atoms with Crippen LogP contribution in [0.3, 0.4) is 0 Å². The van der Waals surface area contributed by atoms with Crippen molar-refractivity contribution < 1.29 is 9.59 Å². The standard InChI is InChI=1S/C23H23N3O2/c1-3-26(21-8-4-6-17(2)14-21)23(28)20-11-9-19(10-12-20)22(27)25-16-18-7-5-13-24-15-18/h4-15H,3,16H2,1-2H3,(H,25,27). The number of nitrogens with zero attached hydrogens (tertiary/aromatic N) is 2. The normalized spacial score (nSPS) is 10.4. The first-order chi connectivity index (χ1) is 13.6. The first kappa shape index (κ1) is 19.3. The van der Waals surface area contributed by atoms with Gasteiger partial charge < -0.3 is 10.2 Å². The lowest BCUT2D eigenvalue weighted by atomic mass is 10.1. The largest absolute Gasteiger partial charge is 0.348 e. The molecule has 0 fully saturated rings. The Balaban J connectivity index is 1.68. The van der Waals surface area contributed by atoms with Crippen molar-refractivity contribution in [3.05, 3.63) is 95.3 Å². The van der Waals surface area contributed by atoms with E-state index >= 15 is 0 Å². The average Bonchev–Trinajstić information content (AvgIpc) is 2.73. The number of benzene rings is 2. The molecule has 0 unspecified atom stereocenters. The first-order valence-electron chi connectivity index (χ1n) is 9.24. The van der Waals surface area contributed by atoms with E-state index < -0.39 is 0 Å². The molecule has 3 aromatic rings. The highest BCUT2D eigenvalue weighted by molar-refractivity contribution is 6.06. The lowest BCUT2D eigenvalue weighted by Gasteiger charge is -2.21. The zero-order chi connectivity index (χ0) is 19.9. The molecule has 2 aromatic carbocycles. The summed E-state index contributed by atoms with van der Waals surface area (Å²) in [5.41, 5.74) is 3.96. The summed E-state index contributed by atoms with van der Waals surface area (Å²) in [6.07, 6.45) is 3.41. The van der Waals surface area contributed by atoms with Crippen molar-refractivity contribution in [1.29, 1.82) is 0 Å². The molecule has 2 amide bonds. The molecular formula is C23H23N3O2. The van der Waals surface area contributed by atoms with E-state index in [1.807, 2.05) is 50.2 Å². The maximum atomic E-state index is 12.9. The summed E-state index contributed by atoms with van der Waals surface area (Å²) in [5.74, 6) is -0.274. The van der Waals surface area contributed by atoms with Crippen LogP contribution in [0.2, 0.25) is 0 Å². The first-order valence-corrected chi connectivity index (χ1v) is 9.24. The summed E-state index contributed by atoms with van der Waals surface area (Å²) < 4.78 is 0. The second-order valence-corrected chi connectivity index (χ2v) is 6.51. The van der Waals surface area contributed by atoms with E-state index in [9.17, 15) is 9.59 Å². The van der Waals surface area contributed by atoms with E-state index in [1.165, 1.54) is 0 Å².